The van der Waals surface area contributed by atoms with Gasteiger partial charge in [0, 0.05) is 7.05 Å². The lowest BCUT2D eigenvalue weighted by atomic mass is 9.65. The van der Waals surface area contributed by atoms with Crippen molar-refractivity contribution >= 4 is 5.96 Å². The Bertz CT molecular complexity index is 518. The maximum Gasteiger partial charge on any atom is 0.191 e. The van der Waals surface area contributed by atoms with Crippen LogP contribution in [0.25, 0.3) is 0 Å². The van der Waals surface area contributed by atoms with E-state index < -0.39 is 0 Å². The van der Waals surface area contributed by atoms with Crippen molar-refractivity contribution in [3.05, 3.63) is 35.4 Å². The Morgan fingerprint density at radius 3 is 2.44 bits per heavy atom. The van der Waals surface area contributed by atoms with Gasteiger partial charge in [0.05, 0.1) is 12.1 Å². The maximum atomic E-state index is 5.98. The van der Waals surface area contributed by atoms with Crippen molar-refractivity contribution in [1.82, 2.24) is 4.90 Å². The van der Waals surface area contributed by atoms with E-state index in [0.717, 1.165) is 13.0 Å². The molecular weight excluding hydrogens is 222 g/mol. The minimum absolute atomic E-state index is 0.00377. The van der Waals surface area contributed by atoms with Crippen LogP contribution in [0.4, 0.5) is 0 Å². The third-order valence-electron chi connectivity index (χ3n) is 4.81. The molecular formula is C15H21N3. The molecule has 3 heteroatoms. The fourth-order valence-corrected chi connectivity index (χ4v) is 3.42. The van der Waals surface area contributed by atoms with Crippen LogP contribution in [0.3, 0.4) is 0 Å². The predicted octanol–water partition coefficient (Wildman–Crippen LogP) is 2.21. The van der Waals surface area contributed by atoms with E-state index in [1.54, 1.807) is 0 Å². The molecule has 1 aliphatic carbocycles. The van der Waals surface area contributed by atoms with E-state index in [-0.39, 0.29) is 11.0 Å². The lowest BCUT2D eigenvalue weighted by molar-refractivity contribution is 0.177. The fraction of sp³-hybridized carbons (Fsp3) is 0.533. The van der Waals surface area contributed by atoms with E-state index in [4.69, 9.17) is 5.73 Å². The normalized spacial score (nSPS) is 29.3. The van der Waals surface area contributed by atoms with Crippen LogP contribution in [-0.4, -0.2) is 24.5 Å². The van der Waals surface area contributed by atoms with Gasteiger partial charge in [-0.3, -0.25) is 4.99 Å². The van der Waals surface area contributed by atoms with Crippen LogP contribution in [0.5, 0.6) is 0 Å². The fourth-order valence-electron chi connectivity index (χ4n) is 3.42. The Balaban J connectivity index is 2.17. The first-order valence-electron chi connectivity index (χ1n) is 6.61. The molecule has 1 aromatic carbocycles. The summed E-state index contributed by atoms with van der Waals surface area (Å²) in [5.41, 5.74) is 9.09. The minimum Gasteiger partial charge on any atom is -0.370 e. The number of hydrogen-bond donors (Lipinski definition) is 1. The van der Waals surface area contributed by atoms with Crippen molar-refractivity contribution < 1.29 is 0 Å². The molecule has 0 bridgehead atoms. The smallest absolute Gasteiger partial charge is 0.191 e. The van der Waals surface area contributed by atoms with Crippen molar-refractivity contribution in [2.24, 2.45) is 10.7 Å². The van der Waals surface area contributed by atoms with Crippen LogP contribution in [-0.2, 0) is 11.0 Å². The topological polar surface area (TPSA) is 41.6 Å². The first-order chi connectivity index (χ1) is 8.47. The average Bonchev–Trinajstić information content (AvgIpc) is 2.64. The van der Waals surface area contributed by atoms with Gasteiger partial charge in [-0.2, -0.15) is 0 Å². The number of likely N-dealkylation sites (N-methyl/N-ethyl adjacent to an activating group) is 1. The van der Waals surface area contributed by atoms with Gasteiger partial charge in [0.1, 0.15) is 0 Å². The van der Waals surface area contributed by atoms with Crippen molar-refractivity contribution in [2.45, 2.75) is 37.6 Å². The lowest BCUT2D eigenvalue weighted by Crippen LogP contribution is -2.51. The van der Waals surface area contributed by atoms with Crippen molar-refractivity contribution in [2.75, 3.05) is 13.6 Å². The number of nitrogens with zero attached hydrogens (tertiary/aromatic N) is 2. The first-order valence-corrected chi connectivity index (χ1v) is 6.61. The van der Waals surface area contributed by atoms with E-state index in [1.165, 1.54) is 17.5 Å². The van der Waals surface area contributed by atoms with Crippen molar-refractivity contribution in [1.29, 1.82) is 0 Å². The molecule has 0 fully saturated rings. The SMILES string of the molecule is CN1C(N)=NCC12CCC(C)(C)c1ccccc12. The van der Waals surface area contributed by atoms with Crippen LogP contribution < -0.4 is 5.73 Å². The Morgan fingerprint density at radius 1 is 1.17 bits per heavy atom. The third kappa shape index (κ3) is 1.33. The van der Waals surface area contributed by atoms with E-state index in [2.05, 4.69) is 55.1 Å². The van der Waals surface area contributed by atoms with Gasteiger partial charge in [-0.05, 0) is 29.4 Å². The van der Waals surface area contributed by atoms with Gasteiger partial charge in [0.15, 0.2) is 5.96 Å². The molecule has 1 aliphatic heterocycles. The number of nitrogens with two attached hydrogens (primary N) is 1. The molecule has 1 spiro atoms. The van der Waals surface area contributed by atoms with E-state index >= 15 is 0 Å². The van der Waals surface area contributed by atoms with Gasteiger partial charge in [-0.15, -0.1) is 0 Å². The highest BCUT2D eigenvalue weighted by molar-refractivity contribution is 5.81. The van der Waals surface area contributed by atoms with Gasteiger partial charge in [0.2, 0.25) is 0 Å². The number of benzene rings is 1. The monoisotopic (exact) mass is 243 g/mol. The summed E-state index contributed by atoms with van der Waals surface area (Å²) in [5, 5.41) is 0. The molecule has 3 rings (SSSR count). The molecule has 0 aromatic heterocycles. The average molecular weight is 243 g/mol. The van der Waals surface area contributed by atoms with Crippen molar-refractivity contribution in [3.8, 4) is 0 Å². The number of guanidine groups is 1. The van der Waals surface area contributed by atoms with Crippen molar-refractivity contribution in [3.63, 3.8) is 0 Å². The summed E-state index contributed by atoms with van der Waals surface area (Å²) >= 11 is 0. The third-order valence-corrected chi connectivity index (χ3v) is 4.81. The maximum absolute atomic E-state index is 5.98. The highest BCUT2D eigenvalue weighted by atomic mass is 15.3. The Hall–Kier alpha value is -1.51. The quantitative estimate of drug-likeness (QED) is 0.759. The van der Waals surface area contributed by atoms with Gasteiger partial charge in [0.25, 0.3) is 0 Å². The van der Waals surface area contributed by atoms with Gasteiger partial charge in [-0.25, -0.2) is 0 Å². The second-order valence-corrected chi connectivity index (χ2v) is 6.19. The first kappa shape index (κ1) is 11.6. The van der Waals surface area contributed by atoms with Crippen LogP contribution in [0.2, 0.25) is 0 Å². The van der Waals surface area contributed by atoms with E-state index in [0.29, 0.717) is 5.96 Å². The van der Waals surface area contributed by atoms with Crippen LogP contribution in [0.1, 0.15) is 37.8 Å². The zero-order chi connectivity index (χ0) is 13.0. The molecule has 1 aromatic rings. The number of fused-ring (bicyclic) bond motifs is 2. The van der Waals surface area contributed by atoms with Gasteiger partial charge in [-0.1, -0.05) is 38.1 Å². The molecule has 1 unspecified atom stereocenters. The number of aliphatic imine (C=N–C) groups is 1. The summed E-state index contributed by atoms with van der Waals surface area (Å²) in [6.45, 7) is 5.46. The summed E-state index contributed by atoms with van der Waals surface area (Å²) in [6, 6.07) is 8.78. The zero-order valence-corrected chi connectivity index (χ0v) is 11.4. The Kier molecular flexibility index (Phi) is 2.25. The highest BCUT2D eigenvalue weighted by Gasteiger charge is 2.48. The molecule has 1 heterocycles. The summed E-state index contributed by atoms with van der Waals surface area (Å²) in [5.74, 6) is 0.671. The molecule has 2 N–H and O–H groups in total. The molecule has 0 amide bonds. The molecule has 0 radical (unpaired) electrons. The Labute approximate surface area is 109 Å². The molecule has 3 nitrogen and oxygen atoms in total. The zero-order valence-electron chi connectivity index (χ0n) is 11.4. The van der Waals surface area contributed by atoms with Crippen LogP contribution >= 0.6 is 0 Å². The molecule has 1 atom stereocenters. The molecule has 18 heavy (non-hydrogen) atoms. The molecule has 0 saturated carbocycles. The second kappa shape index (κ2) is 3.50. The molecule has 96 valence electrons. The molecule has 2 aliphatic rings. The largest absolute Gasteiger partial charge is 0.370 e. The van der Waals surface area contributed by atoms with Gasteiger partial charge >= 0.3 is 0 Å². The summed E-state index contributed by atoms with van der Waals surface area (Å²) in [7, 11) is 2.07. The summed E-state index contributed by atoms with van der Waals surface area (Å²) < 4.78 is 0. The van der Waals surface area contributed by atoms with E-state index in [9.17, 15) is 0 Å². The minimum atomic E-state index is -0.00377. The summed E-state index contributed by atoms with van der Waals surface area (Å²) in [6.07, 6.45) is 2.30. The van der Waals surface area contributed by atoms with E-state index in [1.807, 2.05) is 0 Å². The number of hydrogen-bond acceptors (Lipinski definition) is 3. The number of rotatable bonds is 0. The standard InChI is InChI=1S/C15H21N3/c1-14(2)8-9-15(10-17-13(16)18(15)3)12-7-5-4-6-11(12)14/h4-7H,8-10H2,1-3H3,(H2,16,17). The lowest BCUT2D eigenvalue weighted by Gasteiger charge is -2.46. The highest BCUT2D eigenvalue weighted by Crippen LogP contribution is 2.48. The Morgan fingerprint density at radius 2 is 1.83 bits per heavy atom. The van der Waals surface area contributed by atoms with Crippen LogP contribution in [0, 0.1) is 0 Å². The van der Waals surface area contributed by atoms with Crippen LogP contribution in [0.15, 0.2) is 29.3 Å². The summed E-state index contributed by atoms with van der Waals surface area (Å²) in [4.78, 5) is 6.63. The second-order valence-electron chi connectivity index (χ2n) is 6.19. The predicted molar refractivity (Wildman–Crippen MR) is 74.6 cm³/mol. The van der Waals surface area contributed by atoms with Gasteiger partial charge < -0.3 is 10.6 Å². The molecule has 0 saturated heterocycles.